The van der Waals surface area contributed by atoms with Crippen LogP contribution in [0.3, 0.4) is 0 Å². The number of aromatic hydroxyl groups is 1. The Morgan fingerprint density at radius 1 is 1.22 bits per heavy atom. The van der Waals surface area contributed by atoms with E-state index in [1.165, 1.54) is 11.8 Å². The fourth-order valence-corrected chi connectivity index (χ4v) is 2.66. The zero-order chi connectivity index (χ0) is 13.0. The van der Waals surface area contributed by atoms with E-state index in [0.29, 0.717) is 12.3 Å². The predicted octanol–water partition coefficient (Wildman–Crippen LogP) is 2.77. The number of benzene rings is 2. The molecule has 0 aromatic heterocycles. The third-order valence-corrected chi connectivity index (χ3v) is 3.67. The molecule has 0 radical (unpaired) electrons. The Morgan fingerprint density at radius 3 is 2.67 bits per heavy atom. The van der Waals surface area contributed by atoms with Gasteiger partial charge in [-0.25, -0.2) is 0 Å². The Balaban J connectivity index is 2.24. The first-order valence-corrected chi connectivity index (χ1v) is 6.81. The highest BCUT2D eigenvalue weighted by atomic mass is 32.2. The molecule has 2 N–H and O–H groups in total. The van der Waals surface area contributed by atoms with Gasteiger partial charge in [-0.05, 0) is 24.4 Å². The van der Waals surface area contributed by atoms with Crippen LogP contribution in [0.5, 0.6) is 5.75 Å². The van der Waals surface area contributed by atoms with E-state index >= 15 is 0 Å². The Kier molecular flexibility index (Phi) is 4.10. The number of carbonyl (C=O) groups excluding carboxylic acids is 1. The first-order chi connectivity index (χ1) is 8.72. The molecule has 2 rings (SSSR count). The molecule has 0 heterocycles. The van der Waals surface area contributed by atoms with Crippen molar-refractivity contribution >= 4 is 28.4 Å². The zero-order valence-corrected chi connectivity index (χ0v) is 11.0. The summed E-state index contributed by atoms with van der Waals surface area (Å²) >= 11 is 1.48. The van der Waals surface area contributed by atoms with E-state index in [1.54, 1.807) is 6.07 Å². The minimum absolute atomic E-state index is 0.0275. The molecule has 2 aromatic carbocycles. The zero-order valence-electron chi connectivity index (χ0n) is 10.1. The topological polar surface area (TPSA) is 49.3 Å². The van der Waals surface area contributed by atoms with Crippen molar-refractivity contribution in [3.8, 4) is 5.75 Å². The Labute approximate surface area is 110 Å². The Bertz CT molecular complexity index is 569. The second kappa shape index (κ2) is 5.78. The molecule has 0 aliphatic carbocycles. The van der Waals surface area contributed by atoms with Crippen molar-refractivity contribution in [3.63, 3.8) is 0 Å². The molecule has 2 aromatic rings. The largest absolute Gasteiger partial charge is 0.507 e. The third-order valence-electron chi connectivity index (χ3n) is 2.59. The molecular weight excluding hydrogens is 246 g/mol. The predicted molar refractivity (Wildman–Crippen MR) is 75.0 cm³/mol. The molecule has 1 amide bonds. The third kappa shape index (κ3) is 2.76. The van der Waals surface area contributed by atoms with Gasteiger partial charge in [-0.15, -0.1) is 11.8 Å². The molecule has 0 bridgehead atoms. The summed E-state index contributed by atoms with van der Waals surface area (Å²) in [6.07, 6.45) is 0. The highest BCUT2D eigenvalue weighted by Gasteiger charge is 2.07. The number of fused-ring (bicyclic) bond motifs is 1. The lowest BCUT2D eigenvalue weighted by Crippen LogP contribution is -2.24. The molecule has 18 heavy (non-hydrogen) atoms. The van der Waals surface area contributed by atoms with E-state index in [0.717, 1.165) is 15.7 Å². The van der Waals surface area contributed by atoms with Crippen LogP contribution in [0, 0.1) is 0 Å². The Morgan fingerprint density at radius 2 is 1.94 bits per heavy atom. The smallest absolute Gasteiger partial charge is 0.230 e. The van der Waals surface area contributed by atoms with Gasteiger partial charge >= 0.3 is 0 Å². The van der Waals surface area contributed by atoms with E-state index in [4.69, 9.17) is 0 Å². The fraction of sp³-hybridized carbons (Fsp3) is 0.214. The molecule has 0 saturated carbocycles. The normalized spacial score (nSPS) is 10.5. The van der Waals surface area contributed by atoms with Gasteiger partial charge in [0, 0.05) is 16.8 Å². The highest BCUT2D eigenvalue weighted by molar-refractivity contribution is 8.00. The lowest BCUT2D eigenvalue weighted by atomic mass is 10.1. The van der Waals surface area contributed by atoms with Crippen LogP contribution in [0.1, 0.15) is 6.92 Å². The molecule has 0 aliphatic rings. The average Bonchev–Trinajstić information content (AvgIpc) is 2.39. The number of rotatable bonds is 4. The lowest BCUT2D eigenvalue weighted by molar-refractivity contribution is -0.118. The Hall–Kier alpha value is -1.68. The fourth-order valence-electron chi connectivity index (χ4n) is 1.77. The van der Waals surface area contributed by atoms with Crippen LogP contribution in [0.25, 0.3) is 10.8 Å². The summed E-state index contributed by atoms with van der Waals surface area (Å²) in [6, 6.07) is 11.2. The maximum Gasteiger partial charge on any atom is 0.230 e. The summed E-state index contributed by atoms with van der Waals surface area (Å²) in [5, 5.41) is 14.3. The number of phenolic OH excluding ortho intramolecular Hbond substituents is 1. The minimum atomic E-state index is 0.0275. The first kappa shape index (κ1) is 12.8. The quantitative estimate of drug-likeness (QED) is 0.832. The van der Waals surface area contributed by atoms with Gasteiger partial charge in [0.2, 0.25) is 5.91 Å². The van der Waals surface area contributed by atoms with Crippen molar-refractivity contribution in [3.05, 3.63) is 36.4 Å². The molecule has 4 heteroatoms. The lowest BCUT2D eigenvalue weighted by Gasteiger charge is -2.07. The highest BCUT2D eigenvalue weighted by Crippen LogP contribution is 2.32. The summed E-state index contributed by atoms with van der Waals surface area (Å²) in [5.41, 5.74) is 0. The van der Waals surface area contributed by atoms with Crippen LogP contribution in [0.2, 0.25) is 0 Å². The number of thioether (sulfide) groups is 1. The second-order valence-corrected chi connectivity index (χ2v) is 4.89. The monoisotopic (exact) mass is 261 g/mol. The van der Waals surface area contributed by atoms with Gasteiger partial charge in [-0.2, -0.15) is 0 Å². The molecule has 0 aliphatic heterocycles. The van der Waals surface area contributed by atoms with Crippen LogP contribution in [-0.4, -0.2) is 23.3 Å². The number of phenols is 1. The van der Waals surface area contributed by atoms with Gasteiger partial charge in [0.25, 0.3) is 0 Å². The summed E-state index contributed by atoms with van der Waals surface area (Å²) in [5.74, 6) is 0.690. The van der Waals surface area contributed by atoms with Crippen LogP contribution in [0.15, 0.2) is 41.3 Å². The number of hydrogen-bond donors (Lipinski definition) is 2. The van der Waals surface area contributed by atoms with E-state index in [-0.39, 0.29) is 11.7 Å². The maximum absolute atomic E-state index is 11.4. The molecule has 94 valence electrons. The van der Waals surface area contributed by atoms with E-state index < -0.39 is 0 Å². The second-order valence-electron chi connectivity index (χ2n) is 3.87. The van der Waals surface area contributed by atoms with Crippen molar-refractivity contribution in [1.82, 2.24) is 5.32 Å². The van der Waals surface area contributed by atoms with Crippen LogP contribution in [0.4, 0.5) is 0 Å². The summed E-state index contributed by atoms with van der Waals surface area (Å²) in [7, 11) is 0. The van der Waals surface area contributed by atoms with Gasteiger partial charge in [-0.1, -0.05) is 24.3 Å². The van der Waals surface area contributed by atoms with Gasteiger partial charge in [-0.3, -0.25) is 4.79 Å². The number of carbonyl (C=O) groups is 1. The number of nitrogens with one attached hydrogen (secondary N) is 1. The van der Waals surface area contributed by atoms with Crippen molar-refractivity contribution in [2.24, 2.45) is 0 Å². The molecule has 0 atom stereocenters. The van der Waals surface area contributed by atoms with E-state index in [9.17, 15) is 9.90 Å². The van der Waals surface area contributed by atoms with E-state index in [1.807, 2.05) is 37.3 Å². The van der Waals surface area contributed by atoms with E-state index in [2.05, 4.69) is 5.32 Å². The molecular formula is C14H15NO2S. The van der Waals surface area contributed by atoms with Gasteiger partial charge < -0.3 is 10.4 Å². The summed E-state index contributed by atoms with van der Waals surface area (Å²) < 4.78 is 0. The number of amides is 1. The molecule has 3 nitrogen and oxygen atoms in total. The average molecular weight is 261 g/mol. The standard InChI is InChI=1S/C14H15NO2S/c1-2-15-14(17)9-18-13-8-7-12(16)10-5-3-4-6-11(10)13/h3-8,16H,2,9H2,1H3,(H,15,17). The molecule has 0 fully saturated rings. The van der Waals surface area contributed by atoms with Gasteiger partial charge in [0.05, 0.1) is 5.75 Å². The first-order valence-electron chi connectivity index (χ1n) is 5.82. The van der Waals surface area contributed by atoms with Crippen molar-refractivity contribution in [2.75, 3.05) is 12.3 Å². The van der Waals surface area contributed by atoms with Gasteiger partial charge in [0.15, 0.2) is 0 Å². The SMILES string of the molecule is CCNC(=O)CSc1ccc(O)c2ccccc12. The molecule has 0 saturated heterocycles. The van der Waals surface area contributed by atoms with Crippen LogP contribution >= 0.6 is 11.8 Å². The summed E-state index contributed by atoms with van der Waals surface area (Å²) in [6.45, 7) is 2.55. The van der Waals surface area contributed by atoms with Crippen molar-refractivity contribution in [1.29, 1.82) is 0 Å². The van der Waals surface area contributed by atoms with Crippen molar-refractivity contribution in [2.45, 2.75) is 11.8 Å². The van der Waals surface area contributed by atoms with Crippen LogP contribution < -0.4 is 5.32 Å². The van der Waals surface area contributed by atoms with Crippen LogP contribution in [-0.2, 0) is 4.79 Å². The van der Waals surface area contributed by atoms with Gasteiger partial charge in [0.1, 0.15) is 5.75 Å². The molecule has 0 spiro atoms. The molecule has 0 unspecified atom stereocenters. The maximum atomic E-state index is 11.4. The number of hydrogen-bond acceptors (Lipinski definition) is 3. The summed E-state index contributed by atoms with van der Waals surface area (Å²) in [4.78, 5) is 12.4. The van der Waals surface area contributed by atoms with Crippen molar-refractivity contribution < 1.29 is 9.90 Å². The minimum Gasteiger partial charge on any atom is -0.507 e.